The van der Waals surface area contributed by atoms with Gasteiger partial charge in [-0.3, -0.25) is 9.35 Å². The third-order valence-corrected chi connectivity index (χ3v) is 6.39. The monoisotopic (exact) mass is 531 g/mol. The minimum absolute atomic E-state index is 0.140. The van der Waals surface area contributed by atoms with E-state index in [1.54, 1.807) is 0 Å². The van der Waals surface area contributed by atoms with Gasteiger partial charge in [-0.1, -0.05) is 0 Å². The fraction of sp³-hybridized carbons (Fsp3) is 0.381. The molecular weight excluding hydrogens is 506 g/mol. The molecule has 0 bridgehead atoms. The second-order valence-electron chi connectivity index (χ2n) is 8.08. The van der Waals surface area contributed by atoms with Gasteiger partial charge in [0.05, 0.1) is 12.3 Å². The van der Waals surface area contributed by atoms with Crippen molar-refractivity contribution in [3.8, 4) is 23.0 Å². The van der Waals surface area contributed by atoms with Crippen LogP contribution in [-0.2, 0) is 21.3 Å². The Balaban J connectivity index is 1.87. The van der Waals surface area contributed by atoms with Crippen LogP contribution in [0.4, 0.5) is 5.69 Å². The van der Waals surface area contributed by atoms with Crippen molar-refractivity contribution in [3.05, 3.63) is 35.4 Å². The summed E-state index contributed by atoms with van der Waals surface area (Å²) in [5, 5.41) is 69.3. The first-order valence-electron chi connectivity index (χ1n) is 10.4. The average molecular weight is 531 g/mol. The van der Waals surface area contributed by atoms with E-state index < -0.39 is 93.1 Å². The molecule has 1 heterocycles. The Hall–Kier alpha value is -3.18. The maximum absolute atomic E-state index is 13.0. The second-order valence-corrected chi connectivity index (χ2v) is 9.47. The van der Waals surface area contributed by atoms with Crippen LogP contribution in [0, 0.1) is 0 Å². The van der Waals surface area contributed by atoms with Gasteiger partial charge in [0.1, 0.15) is 52.1 Å². The number of carbonyl (C=O) groups excluding carboxylic acids is 1. The summed E-state index contributed by atoms with van der Waals surface area (Å²) in [5.41, 5.74) is 4.87. The van der Waals surface area contributed by atoms with E-state index >= 15 is 0 Å². The number of ketones is 1. The van der Waals surface area contributed by atoms with E-state index in [4.69, 9.17) is 15.2 Å². The van der Waals surface area contributed by atoms with E-state index in [1.165, 1.54) is 6.07 Å². The average Bonchev–Trinajstić information content (AvgIpc) is 2.78. The topological polar surface area (TPSA) is 258 Å². The van der Waals surface area contributed by atoms with E-state index in [1.807, 2.05) is 0 Å². The Kier molecular flexibility index (Phi) is 7.94. The Bertz CT molecular complexity index is 1250. The van der Waals surface area contributed by atoms with Crippen molar-refractivity contribution in [2.75, 3.05) is 12.3 Å². The van der Waals surface area contributed by atoms with Gasteiger partial charge in [-0.2, -0.15) is 8.42 Å². The quantitative estimate of drug-likeness (QED) is 0.0824. The molecule has 2 aromatic carbocycles. The molecular formula is C21H25NO13S. The van der Waals surface area contributed by atoms with Gasteiger partial charge < -0.3 is 51.0 Å². The number of carbonyl (C=O) groups is 1. The lowest BCUT2D eigenvalue weighted by Crippen LogP contribution is -2.60. The van der Waals surface area contributed by atoms with Gasteiger partial charge in [-0.15, -0.1) is 0 Å². The van der Waals surface area contributed by atoms with Crippen molar-refractivity contribution in [1.29, 1.82) is 0 Å². The summed E-state index contributed by atoms with van der Waals surface area (Å²) in [4.78, 5) is 12.1. The first-order valence-corrected chi connectivity index (χ1v) is 11.8. The zero-order valence-electron chi connectivity index (χ0n) is 18.4. The highest BCUT2D eigenvalue weighted by Crippen LogP contribution is 2.37. The molecule has 5 atom stereocenters. The van der Waals surface area contributed by atoms with E-state index in [0.717, 1.165) is 18.2 Å². The zero-order valence-corrected chi connectivity index (χ0v) is 19.2. The van der Waals surface area contributed by atoms with E-state index in [2.05, 4.69) is 0 Å². The predicted molar refractivity (Wildman–Crippen MR) is 119 cm³/mol. The molecule has 0 radical (unpaired) electrons. The van der Waals surface area contributed by atoms with Crippen LogP contribution in [0.5, 0.6) is 23.0 Å². The fourth-order valence-corrected chi connectivity index (χ4v) is 4.32. The summed E-state index contributed by atoms with van der Waals surface area (Å²) >= 11 is 0. The second kappa shape index (κ2) is 10.4. The highest BCUT2D eigenvalue weighted by atomic mass is 32.2. The molecule has 0 spiro atoms. The number of aliphatic hydroxyl groups is 4. The van der Waals surface area contributed by atoms with Gasteiger partial charge in [0.15, 0.2) is 11.5 Å². The number of aryl methyl sites for hydroxylation is 1. The highest BCUT2D eigenvalue weighted by Gasteiger charge is 2.45. The Morgan fingerprint density at radius 3 is 2.31 bits per heavy atom. The molecule has 1 saturated heterocycles. The van der Waals surface area contributed by atoms with Crippen molar-refractivity contribution in [3.63, 3.8) is 0 Å². The smallest absolute Gasteiger partial charge is 0.298 e. The number of hydrogen-bond acceptors (Lipinski definition) is 13. The van der Waals surface area contributed by atoms with Crippen molar-refractivity contribution in [2.45, 2.75) is 48.4 Å². The number of aliphatic hydroxyl groups excluding tert-OH is 4. The van der Waals surface area contributed by atoms with Crippen LogP contribution in [0.2, 0.25) is 0 Å². The number of anilines is 1. The molecule has 0 aliphatic carbocycles. The molecule has 36 heavy (non-hydrogen) atoms. The molecule has 15 heteroatoms. The highest BCUT2D eigenvalue weighted by molar-refractivity contribution is 7.86. The normalized spacial score (nSPS) is 24.4. The lowest BCUT2D eigenvalue weighted by atomic mass is 9.98. The molecule has 1 aliphatic heterocycles. The van der Waals surface area contributed by atoms with Crippen LogP contribution in [-0.4, -0.2) is 91.8 Å². The Morgan fingerprint density at radius 2 is 1.69 bits per heavy atom. The molecule has 1 fully saturated rings. The van der Waals surface area contributed by atoms with E-state index in [9.17, 15) is 53.5 Å². The summed E-state index contributed by atoms with van der Waals surface area (Å²) in [6.07, 6.45) is -8.91. The lowest BCUT2D eigenvalue weighted by molar-refractivity contribution is -0.277. The summed E-state index contributed by atoms with van der Waals surface area (Å²) in [6, 6.07) is 3.85. The van der Waals surface area contributed by atoms with Gasteiger partial charge in [-0.25, -0.2) is 0 Å². The molecule has 3 rings (SSSR count). The number of aromatic hydroxyl groups is 3. The molecule has 0 aromatic heterocycles. The van der Waals surface area contributed by atoms with Gasteiger partial charge in [0.25, 0.3) is 10.1 Å². The minimum Gasteiger partial charge on any atom is -0.508 e. The third kappa shape index (κ3) is 5.62. The van der Waals surface area contributed by atoms with E-state index in [0.29, 0.717) is 0 Å². The number of phenols is 3. The number of rotatable bonds is 8. The Labute approximate surface area is 204 Å². The number of nitrogen functional groups attached to an aromatic ring is 1. The summed E-state index contributed by atoms with van der Waals surface area (Å²) in [6.45, 7) is -0.747. The molecule has 14 nitrogen and oxygen atoms in total. The predicted octanol–water partition coefficient (Wildman–Crippen LogP) is -1.37. The SMILES string of the molecule is Nc1cc(CCC(=O)c2c(O)cc(O)cc2O[C@@H]2O[C@@H](CO)[C@@H](O)[C@H](O)[C@@H]2O)cc(S(=O)(=O)O)c1O. The molecule has 198 valence electrons. The zero-order chi connectivity index (χ0) is 26.9. The molecule has 10 N–H and O–H groups in total. The number of benzene rings is 2. The van der Waals surface area contributed by atoms with Crippen molar-refractivity contribution in [1.82, 2.24) is 0 Å². The minimum atomic E-state index is -4.82. The van der Waals surface area contributed by atoms with Gasteiger partial charge in [0, 0.05) is 18.6 Å². The molecule has 0 unspecified atom stereocenters. The molecule has 1 aliphatic rings. The standard InChI is InChI=1S/C21H25NO13S/c22-10-3-8(4-15(17(10)27)36(31,32)33)1-2-11(25)16-12(26)5-9(24)6-13(16)34-21-20(30)19(29)18(28)14(7-23)35-21/h3-6,14,18-21,23-24,26-30H,1-2,7,22H2,(H,31,32,33)/t14-,18+,19-,20-,21+/m0/s1. The van der Waals surface area contributed by atoms with Gasteiger partial charge in [-0.05, 0) is 24.1 Å². The number of ether oxygens (including phenoxy) is 2. The fourth-order valence-electron chi connectivity index (χ4n) is 3.66. The van der Waals surface area contributed by atoms with Crippen LogP contribution < -0.4 is 10.5 Å². The molecule has 0 saturated carbocycles. The maximum atomic E-state index is 13.0. The summed E-state index contributed by atoms with van der Waals surface area (Å²) < 4.78 is 42.8. The third-order valence-electron chi connectivity index (χ3n) is 5.52. The van der Waals surface area contributed by atoms with Crippen LogP contribution in [0.15, 0.2) is 29.2 Å². The van der Waals surface area contributed by atoms with Crippen LogP contribution in [0.1, 0.15) is 22.3 Å². The maximum Gasteiger partial charge on any atom is 0.298 e. The van der Waals surface area contributed by atoms with Crippen molar-refractivity contribution >= 4 is 21.6 Å². The first-order chi connectivity index (χ1) is 16.7. The lowest BCUT2D eigenvalue weighted by Gasteiger charge is -2.39. The number of phenolic OH excluding ortho intramolecular Hbond substituents is 3. The van der Waals surface area contributed by atoms with Gasteiger partial charge >= 0.3 is 0 Å². The number of nitrogens with two attached hydrogens (primary N) is 1. The van der Waals surface area contributed by atoms with Crippen LogP contribution in [0.25, 0.3) is 0 Å². The first kappa shape index (κ1) is 27.4. The van der Waals surface area contributed by atoms with Crippen molar-refractivity contribution < 1.29 is 63.0 Å². The number of hydrogen-bond donors (Lipinski definition) is 9. The van der Waals surface area contributed by atoms with Crippen LogP contribution >= 0.6 is 0 Å². The summed E-state index contributed by atoms with van der Waals surface area (Å²) in [5.74, 6) is -3.37. The van der Waals surface area contributed by atoms with Crippen LogP contribution in [0.3, 0.4) is 0 Å². The summed E-state index contributed by atoms with van der Waals surface area (Å²) in [7, 11) is -4.82. The largest absolute Gasteiger partial charge is 0.508 e. The Morgan fingerprint density at radius 1 is 1.03 bits per heavy atom. The van der Waals surface area contributed by atoms with Gasteiger partial charge in [0.2, 0.25) is 6.29 Å². The van der Waals surface area contributed by atoms with Crippen molar-refractivity contribution in [2.24, 2.45) is 0 Å². The molecule has 2 aromatic rings. The van der Waals surface area contributed by atoms with E-state index in [-0.39, 0.29) is 17.7 Å². The number of Topliss-reactive ketones (excluding diaryl/α,β-unsaturated/α-hetero) is 1. The molecule has 0 amide bonds.